The average molecular weight is 806 g/mol. The van der Waals surface area contributed by atoms with Crippen LogP contribution in [0.3, 0.4) is 0 Å². The van der Waals surface area contributed by atoms with Crippen molar-refractivity contribution in [1.29, 1.82) is 0 Å². The third kappa shape index (κ3) is 21.0. The quantitative estimate of drug-likeness (QED) is 0.138. The van der Waals surface area contributed by atoms with Gasteiger partial charge in [0.05, 0.1) is 6.54 Å². The van der Waals surface area contributed by atoms with Gasteiger partial charge in [-0.3, -0.25) is 9.80 Å². The van der Waals surface area contributed by atoms with Crippen LogP contribution in [0, 0.1) is 13.3 Å². The van der Waals surface area contributed by atoms with Gasteiger partial charge < -0.3 is 25.5 Å². The van der Waals surface area contributed by atoms with Gasteiger partial charge in [-0.1, -0.05) is 18.2 Å². The number of hydrogen-bond donors (Lipinski definition) is 0. The Labute approximate surface area is 272 Å². The number of anilines is 2. The molecular formula is C21H18F12N8Ni2OP2. The van der Waals surface area contributed by atoms with Gasteiger partial charge in [0.15, 0.2) is 0 Å². The van der Waals surface area contributed by atoms with Gasteiger partial charge in [0.2, 0.25) is 13.3 Å². The summed E-state index contributed by atoms with van der Waals surface area (Å²) in [6, 6.07) is 13.6. The fourth-order valence-electron chi connectivity index (χ4n) is 3.01. The SMILES string of the molecule is F[P-](F)(F)(F)(F)F.F[P-](F)(F)(F)(F)F.[C]1N(Cc2cc(CN3[C]N(c4ccccn4)C=C3)[n-]n2)C=CN1c1ccccn1.[Ni+2].[Ni+2].[OH-]. The van der Waals surface area contributed by atoms with Crippen LogP contribution in [-0.2, 0) is 46.1 Å². The first-order valence-corrected chi connectivity index (χ1v) is 15.2. The van der Waals surface area contributed by atoms with Crippen LogP contribution in [0.5, 0.6) is 0 Å². The van der Waals surface area contributed by atoms with Crippen LogP contribution in [-0.4, -0.2) is 30.3 Å². The van der Waals surface area contributed by atoms with Crippen molar-refractivity contribution < 1.29 is 88.8 Å². The second-order valence-electron chi connectivity index (χ2n) is 8.41. The molecule has 0 atom stereocenters. The van der Waals surface area contributed by atoms with Crippen LogP contribution in [0.4, 0.5) is 62.0 Å². The van der Waals surface area contributed by atoms with E-state index in [0.29, 0.717) is 13.1 Å². The minimum atomic E-state index is -10.7. The number of pyridine rings is 2. The molecule has 1 N–H and O–H groups in total. The molecule has 0 aromatic carbocycles. The van der Waals surface area contributed by atoms with Crippen molar-refractivity contribution in [1.82, 2.24) is 30.0 Å². The summed E-state index contributed by atoms with van der Waals surface area (Å²) in [4.78, 5) is 16.2. The van der Waals surface area contributed by atoms with Gasteiger partial charge in [-0.15, -0.1) is 5.69 Å². The summed E-state index contributed by atoms with van der Waals surface area (Å²) in [7, 11) is -21.3. The van der Waals surface area contributed by atoms with Gasteiger partial charge in [0, 0.05) is 49.4 Å². The maximum Gasteiger partial charge on any atom is 2.00 e. The third-order valence-corrected chi connectivity index (χ3v) is 4.36. The maximum atomic E-state index is 9.87. The molecule has 0 saturated carbocycles. The molecule has 0 bridgehead atoms. The third-order valence-electron chi connectivity index (χ3n) is 4.36. The Morgan fingerprint density at radius 2 is 1.00 bits per heavy atom. The van der Waals surface area contributed by atoms with Gasteiger partial charge >= 0.3 is 99.0 Å². The van der Waals surface area contributed by atoms with Gasteiger partial charge in [0.25, 0.3) is 0 Å². The van der Waals surface area contributed by atoms with Crippen molar-refractivity contribution in [3.05, 3.63) is 104 Å². The standard InChI is InChI=1S/C21H17N8.2F6P.2Ni.H2O/c1-3-7-22-20(5-1)28-11-9-26(16-28)14-18-13-19(25-24-18)15-27-10-12-29(17-27)21-6-2-4-8-23-21;2*1-7(2,3,4,5)6;;;/h1-13H,14-15H2;;;;;1H2/q3*-1;2*+2;/p-1. The van der Waals surface area contributed by atoms with Crippen LogP contribution >= 0.6 is 15.6 Å². The molecule has 5 heterocycles. The normalized spacial score (nSPS) is 17.0. The molecule has 25 heteroatoms. The zero-order valence-electron chi connectivity index (χ0n) is 22.0. The fourth-order valence-corrected chi connectivity index (χ4v) is 3.01. The molecule has 262 valence electrons. The molecule has 0 unspecified atom stereocenters. The molecule has 2 aliphatic heterocycles. The molecule has 3 aromatic heterocycles. The van der Waals surface area contributed by atoms with E-state index in [4.69, 9.17) is 0 Å². The van der Waals surface area contributed by atoms with Gasteiger partial charge in [-0.25, -0.2) is 9.97 Å². The smallest absolute Gasteiger partial charge is 0.870 e. The van der Waals surface area contributed by atoms with Gasteiger partial charge in [-0.2, -0.15) is 0 Å². The molecule has 0 aliphatic carbocycles. The van der Waals surface area contributed by atoms with Crippen LogP contribution in [0.1, 0.15) is 11.4 Å². The maximum absolute atomic E-state index is 10.7. The van der Waals surface area contributed by atoms with Crippen molar-refractivity contribution in [2.75, 3.05) is 9.80 Å². The zero-order valence-corrected chi connectivity index (χ0v) is 25.8. The predicted molar refractivity (Wildman–Crippen MR) is 136 cm³/mol. The number of halogens is 12. The number of aromatic nitrogens is 4. The van der Waals surface area contributed by atoms with Crippen LogP contribution < -0.4 is 14.9 Å². The molecule has 0 fully saturated rings. The van der Waals surface area contributed by atoms with E-state index >= 15 is 0 Å². The van der Waals surface area contributed by atoms with E-state index in [1.165, 1.54) is 0 Å². The number of nitrogens with zero attached hydrogens (tertiary/aromatic N) is 8. The second kappa shape index (κ2) is 13.7. The first-order valence-electron chi connectivity index (χ1n) is 11.2. The van der Waals surface area contributed by atoms with E-state index in [1.54, 1.807) is 12.4 Å². The predicted octanol–water partition coefficient (Wildman–Crippen LogP) is 8.99. The minimum absolute atomic E-state index is 0. The van der Waals surface area contributed by atoms with E-state index in [0.717, 1.165) is 23.0 Å². The van der Waals surface area contributed by atoms with E-state index < -0.39 is 15.6 Å². The van der Waals surface area contributed by atoms with Crippen molar-refractivity contribution in [3.63, 3.8) is 0 Å². The first-order chi connectivity index (χ1) is 19.2. The molecule has 46 heavy (non-hydrogen) atoms. The van der Waals surface area contributed by atoms with Gasteiger partial charge in [-0.05, 0) is 24.3 Å². The zero-order chi connectivity index (χ0) is 32.3. The molecule has 0 saturated heterocycles. The minimum Gasteiger partial charge on any atom is -0.870 e. The molecule has 2 aliphatic rings. The molecule has 9 nitrogen and oxygen atoms in total. The Balaban J connectivity index is 0.00000101. The summed E-state index contributed by atoms with van der Waals surface area (Å²) in [6.07, 6.45) is 11.3. The second-order valence-corrected chi connectivity index (χ2v) is 12.2. The molecular weight excluding hydrogens is 788 g/mol. The number of rotatable bonds is 6. The number of hydrogen-bond acceptors (Lipinski definition) is 8. The average Bonchev–Trinajstić information content (AvgIpc) is 3.59. The molecule has 0 spiro atoms. The summed E-state index contributed by atoms with van der Waals surface area (Å²) >= 11 is 0. The summed E-state index contributed by atoms with van der Waals surface area (Å²) in [5.74, 6) is 1.65. The Morgan fingerprint density at radius 1 is 0.609 bits per heavy atom. The Kier molecular flexibility index (Phi) is 12.9. The van der Waals surface area contributed by atoms with Crippen LogP contribution in [0.15, 0.2) is 79.7 Å². The van der Waals surface area contributed by atoms with E-state index in [-0.39, 0.29) is 38.5 Å². The van der Waals surface area contributed by atoms with Crippen molar-refractivity contribution in [2.45, 2.75) is 13.1 Å². The summed E-state index contributed by atoms with van der Waals surface area (Å²) in [6.45, 7) is 7.67. The van der Waals surface area contributed by atoms with Crippen LogP contribution in [0.2, 0.25) is 0 Å². The van der Waals surface area contributed by atoms with Gasteiger partial charge in [0.1, 0.15) is 11.6 Å². The molecule has 0 amide bonds. The van der Waals surface area contributed by atoms with Crippen molar-refractivity contribution in [3.8, 4) is 0 Å². The fraction of sp³-hybridized carbons (Fsp3) is 0.0952. The van der Waals surface area contributed by atoms with Crippen molar-refractivity contribution >= 4 is 27.3 Å². The Morgan fingerprint density at radius 3 is 1.37 bits per heavy atom. The van der Waals surface area contributed by atoms with E-state index in [2.05, 4.69) is 33.5 Å². The summed E-state index contributed by atoms with van der Waals surface area (Å²) in [5, 5.41) is 8.59. The summed E-state index contributed by atoms with van der Waals surface area (Å²) in [5.41, 5.74) is 1.76. The Bertz CT molecular complexity index is 1320. The van der Waals surface area contributed by atoms with E-state index in [9.17, 15) is 50.4 Å². The topological polar surface area (TPSA) is 95.7 Å². The first kappa shape index (κ1) is 43.2. The van der Waals surface area contributed by atoms with Crippen molar-refractivity contribution in [2.24, 2.45) is 0 Å². The van der Waals surface area contributed by atoms with Crippen LogP contribution in [0.25, 0.3) is 0 Å². The Hall–Kier alpha value is -2.84. The van der Waals surface area contributed by atoms with E-state index in [1.807, 2.05) is 86.9 Å². The molecule has 3 aromatic rings. The monoisotopic (exact) mass is 804 g/mol. The summed E-state index contributed by atoms with van der Waals surface area (Å²) < 4.78 is 118. The molecule has 4 radical (unpaired) electrons. The molecule has 5 rings (SSSR count). The largest absolute Gasteiger partial charge is 2.00 e.